The molecule has 0 saturated heterocycles. The highest BCUT2D eigenvalue weighted by Crippen LogP contribution is 2.01. The number of ether oxygens (including phenoxy) is 1. The minimum Gasteiger partial charge on any atom is -0.463 e. The predicted molar refractivity (Wildman–Crippen MR) is 43.6 cm³/mol. The molecule has 0 aromatic carbocycles. The van der Waals surface area contributed by atoms with Gasteiger partial charge in [-0.2, -0.15) is 0 Å². The summed E-state index contributed by atoms with van der Waals surface area (Å²) in [5.41, 5.74) is 0. The van der Waals surface area contributed by atoms with Crippen LogP contribution in [0.2, 0.25) is 0 Å². The maximum atomic E-state index is 10.8. The molecule has 0 aromatic rings. The van der Waals surface area contributed by atoms with Crippen LogP contribution >= 0.6 is 0 Å². The topological polar surface area (TPSA) is 66.8 Å². The van der Waals surface area contributed by atoms with E-state index < -0.39 is 6.10 Å². The van der Waals surface area contributed by atoms with E-state index in [-0.39, 0.29) is 25.6 Å². The van der Waals surface area contributed by atoms with Gasteiger partial charge < -0.3 is 14.9 Å². The van der Waals surface area contributed by atoms with Crippen LogP contribution in [0.25, 0.3) is 0 Å². The molecule has 0 rings (SSSR count). The summed E-state index contributed by atoms with van der Waals surface area (Å²) in [5.74, 6) is -0.364. The average molecular weight is 176 g/mol. The Morgan fingerprint density at radius 2 is 2.25 bits per heavy atom. The summed E-state index contributed by atoms with van der Waals surface area (Å²) >= 11 is 0. The molecule has 0 aliphatic rings. The third-order valence-corrected chi connectivity index (χ3v) is 1.51. The van der Waals surface area contributed by atoms with Crippen molar-refractivity contribution in [3.63, 3.8) is 0 Å². The molecule has 0 aromatic heterocycles. The highest BCUT2D eigenvalue weighted by atomic mass is 16.5. The lowest BCUT2D eigenvalue weighted by atomic mass is 10.1. The van der Waals surface area contributed by atoms with Crippen molar-refractivity contribution in [2.75, 3.05) is 13.2 Å². The number of rotatable bonds is 6. The molecule has 0 spiro atoms. The molecule has 0 aliphatic carbocycles. The van der Waals surface area contributed by atoms with Crippen molar-refractivity contribution < 1.29 is 19.7 Å². The molecule has 72 valence electrons. The first-order chi connectivity index (χ1) is 5.70. The fourth-order valence-electron chi connectivity index (χ4n) is 0.720. The lowest BCUT2D eigenvalue weighted by molar-refractivity contribution is -0.145. The second-order valence-corrected chi connectivity index (χ2v) is 2.54. The Bertz CT molecular complexity index is 124. The molecule has 2 N–H and O–H groups in total. The highest BCUT2D eigenvalue weighted by Gasteiger charge is 2.06. The molecule has 0 amide bonds. The summed E-state index contributed by atoms with van der Waals surface area (Å²) in [6.45, 7) is 1.74. The van der Waals surface area contributed by atoms with Gasteiger partial charge in [0.1, 0.15) is 6.61 Å². The summed E-state index contributed by atoms with van der Waals surface area (Å²) in [5, 5.41) is 17.4. The van der Waals surface area contributed by atoms with Crippen molar-refractivity contribution in [3.05, 3.63) is 0 Å². The zero-order valence-electron chi connectivity index (χ0n) is 7.32. The van der Waals surface area contributed by atoms with Crippen molar-refractivity contribution in [1.29, 1.82) is 0 Å². The molecule has 0 fully saturated rings. The number of carbonyl (C=O) groups is 1. The lowest BCUT2D eigenvalue weighted by Gasteiger charge is -2.06. The van der Waals surface area contributed by atoms with Gasteiger partial charge in [0.2, 0.25) is 0 Å². The summed E-state index contributed by atoms with van der Waals surface area (Å²) in [6, 6.07) is 0. The molecule has 1 atom stereocenters. The smallest absolute Gasteiger partial charge is 0.305 e. The Hall–Kier alpha value is -0.610. The number of aliphatic hydroxyl groups excluding tert-OH is 2. The van der Waals surface area contributed by atoms with Crippen molar-refractivity contribution in [3.8, 4) is 0 Å². The maximum Gasteiger partial charge on any atom is 0.305 e. The van der Waals surface area contributed by atoms with Gasteiger partial charge in [-0.25, -0.2) is 0 Å². The van der Waals surface area contributed by atoms with Gasteiger partial charge in [0.15, 0.2) is 0 Å². The first-order valence-electron chi connectivity index (χ1n) is 4.15. The minimum absolute atomic E-state index is 0.0427. The van der Waals surface area contributed by atoms with Gasteiger partial charge in [-0.1, -0.05) is 6.92 Å². The van der Waals surface area contributed by atoms with Crippen LogP contribution in [0.15, 0.2) is 0 Å². The highest BCUT2D eigenvalue weighted by molar-refractivity contribution is 5.69. The summed E-state index contributed by atoms with van der Waals surface area (Å²) in [4.78, 5) is 10.8. The van der Waals surface area contributed by atoms with E-state index in [0.717, 1.165) is 0 Å². The van der Waals surface area contributed by atoms with E-state index >= 15 is 0 Å². The quantitative estimate of drug-likeness (QED) is 0.562. The zero-order valence-corrected chi connectivity index (χ0v) is 7.32. The van der Waals surface area contributed by atoms with Crippen LogP contribution in [0.5, 0.6) is 0 Å². The number of carbonyl (C=O) groups excluding carboxylic acids is 1. The van der Waals surface area contributed by atoms with Gasteiger partial charge in [-0.15, -0.1) is 0 Å². The van der Waals surface area contributed by atoms with Crippen LogP contribution in [-0.4, -0.2) is 35.5 Å². The molecule has 12 heavy (non-hydrogen) atoms. The summed E-state index contributed by atoms with van der Waals surface area (Å²) in [7, 11) is 0. The number of esters is 1. The SMILES string of the molecule is CCC(O)CCC(=O)OCCO. The average Bonchev–Trinajstić information content (AvgIpc) is 2.10. The van der Waals surface area contributed by atoms with E-state index in [9.17, 15) is 4.79 Å². The molecule has 4 heteroatoms. The van der Waals surface area contributed by atoms with Gasteiger partial charge in [-0.3, -0.25) is 4.79 Å². The Morgan fingerprint density at radius 1 is 1.58 bits per heavy atom. The van der Waals surface area contributed by atoms with Gasteiger partial charge in [0.25, 0.3) is 0 Å². The van der Waals surface area contributed by atoms with Crippen LogP contribution in [0, 0.1) is 0 Å². The summed E-state index contributed by atoms with van der Waals surface area (Å²) < 4.78 is 4.59. The van der Waals surface area contributed by atoms with Gasteiger partial charge >= 0.3 is 5.97 Å². The number of hydrogen-bond donors (Lipinski definition) is 2. The third-order valence-electron chi connectivity index (χ3n) is 1.51. The molecule has 4 nitrogen and oxygen atoms in total. The van der Waals surface area contributed by atoms with Gasteiger partial charge in [0, 0.05) is 6.42 Å². The van der Waals surface area contributed by atoms with E-state index in [0.29, 0.717) is 12.8 Å². The standard InChI is InChI=1S/C8H16O4/c1-2-7(10)3-4-8(11)12-6-5-9/h7,9-10H,2-6H2,1H3. The van der Waals surface area contributed by atoms with E-state index in [1.807, 2.05) is 6.92 Å². The van der Waals surface area contributed by atoms with Crippen molar-refractivity contribution in [1.82, 2.24) is 0 Å². The van der Waals surface area contributed by atoms with Gasteiger partial charge in [-0.05, 0) is 12.8 Å². The molecule has 0 heterocycles. The normalized spacial score (nSPS) is 12.6. The predicted octanol–water partition coefficient (Wildman–Crippen LogP) is 0.0730. The summed E-state index contributed by atoms with van der Waals surface area (Å²) in [6.07, 6.45) is 0.870. The van der Waals surface area contributed by atoms with E-state index in [4.69, 9.17) is 10.2 Å². The van der Waals surface area contributed by atoms with Crippen molar-refractivity contribution in [2.24, 2.45) is 0 Å². The molecule has 0 aliphatic heterocycles. The zero-order chi connectivity index (χ0) is 9.40. The maximum absolute atomic E-state index is 10.8. The molecule has 0 radical (unpaired) electrons. The minimum atomic E-state index is -0.424. The van der Waals surface area contributed by atoms with E-state index in [1.165, 1.54) is 0 Å². The third kappa shape index (κ3) is 6.12. The Kier molecular flexibility index (Phi) is 6.70. The fraction of sp³-hybridized carbons (Fsp3) is 0.875. The van der Waals surface area contributed by atoms with Crippen molar-refractivity contribution in [2.45, 2.75) is 32.3 Å². The molecular formula is C8H16O4. The number of hydrogen-bond acceptors (Lipinski definition) is 4. The van der Waals surface area contributed by atoms with Crippen LogP contribution in [0.1, 0.15) is 26.2 Å². The lowest BCUT2D eigenvalue weighted by Crippen LogP contribution is -2.12. The molecular weight excluding hydrogens is 160 g/mol. The first-order valence-corrected chi connectivity index (χ1v) is 4.15. The second kappa shape index (κ2) is 7.06. The Labute approximate surface area is 72.2 Å². The van der Waals surface area contributed by atoms with E-state index in [1.54, 1.807) is 0 Å². The van der Waals surface area contributed by atoms with Crippen LogP contribution < -0.4 is 0 Å². The van der Waals surface area contributed by atoms with E-state index in [2.05, 4.69) is 4.74 Å². The van der Waals surface area contributed by atoms with Gasteiger partial charge in [0.05, 0.1) is 12.7 Å². The molecule has 0 saturated carbocycles. The Morgan fingerprint density at radius 3 is 2.75 bits per heavy atom. The largest absolute Gasteiger partial charge is 0.463 e. The van der Waals surface area contributed by atoms with Crippen LogP contribution in [-0.2, 0) is 9.53 Å². The van der Waals surface area contributed by atoms with Crippen LogP contribution in [0.3, 0.4) is 0 Å². The molecule has 1 unspecified atom stereocenters. The Balaban J connectivity index is 3.31. The van der Waals surface area contributed by atoms with Crippen LogP contribution in [0.4, 0.5) is 0 Å². The molecule has 0 bridgehead atoms. The second-order valence-electron chi connectivity index (χ2n) is 2.54. The monoisotopic (exact) mass is 176 g/mol. The number of aliphatic hydroxyl groups is 2. The van der Waals surface area contributed by atoms with Crippen molar-refractivity contribution >= 4 is 5.97 Å². The first kappa shape index (κ1) is 11.4. The fourth-order valence-corrected chi connectivity index (χ4v) is 0.720.